The number of benzene rings is 1. The van der Waals surface area contributed by atoms with Crippen molar-refractivity contribution in [3.8, 4) is 11.3 Å². The molecule has 0 unspecified atom stereocenters. The second-order valence-electron chi connectivity index (χ2n) is 3.97. The molecule has 6 heteroatoms. The maximum atomic E-state index is 13.0. The van der Waals surface area contributed by atoms with Crippen LogP contribution >= 0.6 is 11.6 Å². The summed E-state index contributed by atoms with van der Waals surface area (Å²) < 4.78 is 23.2. The Morgan fingerprint density at radius 2 is 2.32 bits per heavy atom. The highest BCUT2D eigenvalue weighted by molar-refractivity contribution is 6.33. The molecule has 19 heavy (non-hydrogen) atoms. The zero-order chi connectivity index (χ0) is 13.7. The minimum absolute atomic E-state index is 0.301. The fourth-order valence-corrected chi connectivity index (χ4v) is 1.93. The number of hydrogen-bond acceptors (Lipinski definition) is 4. The Bertz CT molecular complexity index is 545. The fraction of sp³-hybridized carbons (Fsp3) is 0.308. The molecule has 0 spiro atoms. The van der Waals surface area contributed by atoms with Crippen molar-refractivity contribution in [3.63, 3.8) is 0 Å². The van der Waals surface area contributed by atoms with Gasteiger partial charge in [-0.2, -0.15) is 0 Å². The van der Waals surface area contributed by atoms with Crippen LogP contribution in [-0.2, 0) is 11.3 Å². The summed E-state index contributed by atoms with van der Waals surface area (Å²) in [4.78, 5) is 0. The normalized spacial score (nSPS) is 10.9. The van der Waals surface area contributed by atoms with Crippen molar-refractivity contribution in [3.05, 3.63) is 40.8 Å². The summed E-state index contributed by atoms with van der Waals surface area (Å²) in [6.07, 6.45) is 1.62. The third-order valence-electron chi connectivity index (χ3n) is 2.62. The van der Waals surface area contributed by atoms with Gasteiger partial charge in [0.05, 0.1) is 17.8 Å². The highest BCUT2D eigenvalue weighted by atomic mass is 35.5. The summed E-state index contributed by atoms with van der Waals surface area (Å²) >= 11 is 6.01. The van der Waals surface area contributed by atoms with Crippen LogP contribution in [0.4, 0.5) is 4.39 Å². The lowest BCUT2D eigenvalue weighted by Crippen LogP contribution is -2.18. The SMILES string of the molecule is COCCNCc1cnoc1-c1ccc(F)cc1Cl. The first-order valence-corrected chi connectivity index (χ1v) is 6.19. The van der Waals surface area contributed by atoms with E-state index in [4.69, 9.17) is 20.9 Å². The lowest BCUT2D eigenvalue weighted by molar-refractivity contribution is 0.199. The van der Waals surface area contributed by atoms with Crippen molar-refractivity contribution in [1.82, 2.24) is 10.5 Å². The van der Waals surface area contributed by atoms with E-state index >= 15 is 0 Å². The van der Waals surface area contributed by atoms with Crippen molar-refractivity contribution in [2.45, 2.75) is 6.54 Å². The van der Waals surface area contributed by atoms with E-state index in [2.05, 4.69) is 10.5 Å². The van der Waals surface area contributed by atoms with Gasteiger partial charge in [-0.15, -0.1) is 0 Å². The molecule has 0 radical (unpaired) electrons. The van der Waals surface area contributed by atoms with Crippen LogP contribution < -0.4 is 5.32 Å². The Kier molecular flexibility index (Phi) is 4.90. The van der Waals surface area contributed by atoms with Crippen LogP contribution in [0.25, 0.3) is 11.3 Å². The quantitative estimate of drug-likeness (QED) is 0.829. The first kappa shape index (κ1) is 14.0. The molecular weight excluding hydrogens is 271 g/mol. The average Bonchev–Trinajstić information content (AvgIpc) is 2.83. The van der Waals surface area contributed by atoms with E-state index in [0.29, 0.717) is 29.5 Å². The summed E-state index contributed by atoms with van der Waals surface area (Å²) in [5.41, 5.74) is 1.49. The van der Waals surface area contributed by atoms with E-state index in [9.17, 15) is 4.39 Å². The fourth-order valence-electron chi connectivity index (χ4n) is 1.68. The van der Waals surface area contributed by atoms with Gasteiger partial charge in [0.2, 0.25) is 0 Å². The smallest absolute Gasteiger partial charge is 0.172 e. The summed E-state index contributed by atoms with van der Waals surface area (Å²) in [7, 11) is 1.64. The molecule has 0 aliphatic carbocycles. The minimum Gasteiger partial charge on any atom is -0.383 e. The molecule has 2 aromatic rings. The van der Waals surface area contributed by atoms with Gasteiger partial charge in [-0.05, 0) is 18.2 Å². The van der Waals surface area contributed by atoms with Crippen molar-refractivity contribution in [2.75, 3.05) is 20.3 Å². The lowest BCUT2D eigenvalue weighted by Gasteiger charge is -2.05. The Balaban J connectivity index is 2.14. The maximum absolute atomic E-state index is 13.0. The average molecular weight is 285 g/mol. The molecule has 4 nitrogen and oxygen atoms in total. The van der Waals surface area contributed by atoms with Crippen LogP contribution in [0, 0.1) is 5.82 Å². The molecule has 0 fully saturated rings. The molecule has 0 bridgehead atoms. The van der Waals surface area contributed by atoms with Crippen LogP contribution in [-0.4, -0.2) is 25.4 Å². The number of methoxy groups -OCH3 is 1. The molecule has 0 amide bonds. The Morgan fingerprint density at radius 1 is 1.47 bits per heavy atom. The topological polar surface area (TPSA) is 47.3 Å². The van der Waals surface area contributed by atoms with E-state index in [-0.39, 0.29) is 5.82 Å². The number of halogens is 2. The third kappa shape index (κ3) is 3.53. The molecule has 1 aromatic carbocycles. The Labute approximate surface area is 115 Å². The van der Waals surface area contributed by atoms with E-state index in [1.807, 2.05) is 0 Å². The van der Waals surface area contributed by atoms with Crippen LogP contribution in [0.5, 0.6) is 0 Å². The van der Waals surface area contributed by atoms with Gasteiger partial charge in [-0.1, -0.05) is 16.8 Å². The molecule has 0 saturated heterocycles. The molecule has 1 heterocycles. The third-order valence-corrected chi connectivity index (χ3v) is 2.93. The predicted molar refractivity (Wildman–Crippen MR) is 70.5 cm³/mol. The van der Waals surface area contributed by atoms with Gasteiger partial charge in [-0.3, -0.25) is 0 Å². The standard InChI is InChI=1S/C13H14ClFN2O2/c1-18-5-4-16-7-9-8-17-19-13(9)11-3-2-10(15)6-12(11)14/h2-3,6,8,16H,4-5,7H2,1H3. The first-order chi connectivity index (χ1) is 9.22. The van der Waals surface area contributed by atoms with Gasteiger partial charge in [0, 0.05) is 31.3 Å². The first-order valence-electron chi connectivity index (χ1n) is 5.81. The van der Waals surface area contributed by atoms with Gasteiger partial charge in [0.15, 0.2) is 5.76 Å². The van der Waals surface area contributed by atoms with E-state index in [1.165, 1.54) is 12.1 Å². The monoisotopic (exact) mass is 284 g/mol. The van der Waals surface area contributed by atoms with Crippen LogP contribution in [0.15, 0.2) is 28.9 Å². The van der Waals surface area contributed by atoms with Gasteiger partial charge >= 0.3 is 0 Å². The van der Waals surface area contributed by atoms with Crippen molar-refractivity contribution in [2.24, 2.45) is 0 Å². The predicted octanol–water partition coefficient (Wildman–Crippen LogP) is 2.87. The highest BCUT2D eigenvalue weighted by Gasteiger charge is 2.14. The van der Waals surface area contributed by atoms with Crippen LogP contribution in [0.3, 0.4) is 0 Å². The van der Waals surface area contributed by atoms with Gasteiger partial charge in [-0.25, -0.2) is 4.39 Å². The molecule has 1 N–H and O–H groups in total. The van der Waals surface area contributed by atoms with Gasteiger partial charge < -0.3 is 14.6 Å². The number of hydrogen-bond donors (Lipinski definition) is 1. The zero-order valence-electron chi connectivity index (χ0n) is 10.5. The van der Waals surface area contributed by atoms with E-state index in [0.717, 1.165) is 12.1 Å². The summed E-state index contributed by atoms with van der Waals surface area (Å²) in [6, 6.07) is 4.17. The number of nitrogens with one attached hydrogen (secondary N) is 1. The van der Waals surface area contributed by atoms with Crippen molar-refractivity contribution in [1.29, 1.82) is 0 Å². The minimum atomic E-state index is -0.381. The van der Waals surface area contributed by atoms with Crippen molar-refractivity contribution < 1.29 is 13.7 Å². The maximum Gasteiger partial charge on any atom is 0.172 e. The summed E-state index contributed by atoms with van der Waals surface area (Å²) in [5, 5.41) is 7.25. The number of aromatic nitrogens is 1. The zero-order valence-corrected chi connectivity index (χ0v) is 11.2. The summed E-state index contributed by atoms with van der Waals surface area (Å²) in [5.74, 6) is 0.169. The number of ether oxygens (including phenoxy) is 1. The molecule has 2 rings (SSSR count). The van der Waals surface area contributed by atoms with Crippen molar-refractivity contribution >= 4 is 11.6 Å². The van der Waals surface area contributed by atoms with E-state index in [1.54, 1.807) is 19.4 Å². The molecule has 1 aromatic heterocycles. The lowest BCUT2D eigenvalue weighted by atomic mass is 10.1. The second-order valence-corrected chi connectivity index (χ2v) is 4.38. The number of nitrogens with zero attached hydrogens (tertiary/aromatic N) is 1. The number of rotatable bonds is 6. The highest BCUT2D eigenvalue weighted by Crippen LogP contribution is 2.30. The Hall–Kier alpha value is -1.43. The summed E-state index contributed by atoms with van der Waals surface area (Å²) in [6.45, 7) is 1.92. The molecule has 102 valence electrons. The molecule has 0 saturated carbocycles. The molecule has 0 aliphatic heterocycles. The largest absolute Gasteiger partial charge is 0.383 e. The van der Waals surface area contributed by atoms with Gasteiger partial charge in [0.1, 0.15) is 5.82 Å². The van der Waals surface area contributed by atoms with E-state index < -0.39 is 0 Å². The Morgan fingerprint density at radius 3 is 3.05 bits per heavy atom. The van der Waals surface area contributed by atoms with Gasteiger partial charge in [0.25, 0.3) is 0 Å². The molecule has 0 aliphatic rings. The molecule has 0 atom stereocenters. The molecular formula is C13H14ClFN2O2. The second kappa shape index (κ2) is 6.65. The van der Waals surface area contributed by atoms with Crippen LogP contribution in [0.2, 0.25) is 5.02 Å². The van der Waals surface area contributed by atoms with Crippen LogP contribution in [0.1, 0.15) is 5.56 Å².